The molecule has 1 heterocycles. The number of alkyl halides is 1. The predicted octanol–water partition coefficient (Wildman–Crippen LogP) is 4.08. The predicted molar refractivity (Wildman–Crippen MR) is 108 cm³/mol. The molecule has 147 valence electrons. The molecular formula is C22H25ClNO3Y-. The number of rotatable bonds is 6. The molecular weight excluding hydrogens is 451 g/mol. The molecule has 6 heteroatoms. The van der Waals surface area contributed by atoms with E-state index in [1.165, 1.54) is 0 Å². The molecule has 0 saturated carbocycles. The molecule has 2 aromatic rings. The first-order valence-corrected chi connectivity index (χ1v) is 9.48. The van der Waals surface area contributed by atoms with E-state index < -0.39 is 0 Å². The number of halogens is 1. The third kappa shape index (κ3) is 4.97. The van der Waals surface area contributed by atoms with E-state index in [1.807, 2.05) is 62.4 Å². The summed E-state index contributed by atoms with van der Waals surface area (Å²) in [4.78, 5) is 14.4. The van der Waals surface area contributed by atoms with Crippen molar-refractivity contribution in [1.29, 1.82) is 0 Å². The van der Waals surface area contributed by atoms with Crippen LogP contribution in [0.25, 0.3) is 0 Å². The summed E-state index contributed by atoms with van der Waals surface area (Å²) in [6.45, 7) is 4.03. The zero-order valence-electron chi connectivity index (χ0n) is 16.3. The van der Waals surface area contributed by atoms with Gasteiger partial charge in [-0.25, -0.2) is 0 Å². The van der Waals surface area contributed by atoms with Crippen molar-refractivity contribution < 1.29 is 47.3 Å². The van der Waals surface area contributed by atoms with Crippen molar-refractivity contribution in [3.8, 4) is 5.75 Å². The minimum Gasteiger partial charge on any atom is -0.665 e. The van der Waals surface area contributed by atoms with Gasteiger partial charge in [-0.3, -0.25) is 4.79 Å². The largest absolute Gasteiger partial charge is 0.665 e. The van der Waals surface area contributed by atoms with Crippen LogP contribution in [0.2, 0.25) is 0 Å². The van der Waals surface area contributed by atoms with Crippen LogP contribution in [-0.2, 0) is 49.3 Å². The fourth-order valence-corrected chi connectivity index (χ4v) is 3.80. The van der Waals surface area contributed by atoms with Crippen LogP contribution in [0.5, 0.6) is 5.75 Å². The Morgan fingerprint density at radius 2 is 1.93 bits per heavy atom. The van der Waals surface area contributed by atoms with Gasteiger partial charge in [0.25, 0.3) is 0 Å². The summed E-state index contributed by atoms with van der Waals surface area (Å²) in [5.74, 6) is 0.712. The number of hydrogen-bond acceptors (Lipinski definition) is 3. The second kappa shape index (κ2) is 9.71. The first kappa shape index (κ1) is 23.3. The van der Waals surface area contributed by atoms with Crippen LogP contribution in [0.1, 0.15) is 31.4 Å². The molecule has 0 spiro atoms. The summed E-state index contributed by atoms with van der Waals surface area (Å²) >= 11 is 6.53. The molecule has 1 aliphatic rings. The number of amides is 1. The van der Waals surface area contributed by atoms with Crippen LogP contribution >= 0.6 is 11.6 Å². The van der Waals surface area contributed by atoms with Gasteiger partial charge in [0.15, 0.2) is 0 Å². The fraction of sp³-hybridized carbons (Fsp3) is 0.364. The van der Waals surface area contributed by atoms with Crippen LogP contribution in [0.15, 0.2) is 48.5 Å². The van der Waals surface area contributed by atoms with Gasteiger partial charge >= 0.3 is 0 Å². The van der Waals surface area contributed by atoms with E-state index in [9.17, 15) is 9.90 Å². The Morgan fingerprint density at radius 1 is 1.25 bits per heavy atom. The Kier molecular flexibility index (Phi) is 8.10. The van der Waals surface area contributed by atoms with Crippen molar-refractivity contribution in [2.45, 2.75) is 43.5 Å². The van der Waals surface area contributed by atoms with E-state index in [0.717, 1.165) is 16.8 Å². The van der Waals surface area contributed by atoms with Crippen LogP contribution in [-0.4, -0.2) is 29.0 Å². The summed E-state index contributed by atoms with van der Waals surface area (Å²) in [6, 6.07) is 15.3. The number of carbonyl (C=O) groups is 1. The third-order valence-corrected chi connectivity index (χ3v) is 5.66. The van der Waals surface area contributed by atoms with Gasteiger partial charge < -0.3 is 14.7 Å². The first-order chi connectivity index (χ1) is 12.9. The number of hydrogen-bond donors (Lipinski definition) is 1. The van der Waals surface area contributed by atoms with Crippen molar-refractivity contribution >= 4 is 23.2 Å². The van der Waals surface area contributed by atoms with Crippen molar-refractivity contribution in [2.75, 3.05) is 11.5 Å². The fourth-order valence-electron chi connectivity index (χ4n) is 3.47. The number of carbonyl (C=O) groups excluding carboxylic acids is 1. The number of benzene rings is 2. The Morgan fingerprint density at radius 3 is 2.54 bits per heavy atom. The maximum absolute atomic E-state index is 12.6. The first-order valence-electron chi connectivity index (χ1n) is 9.04. The molecule has 0 bridgehead atoms. The standard InChI is InChI=1S/C22H25ClNO3.Y/c1-22(2,14-25)16-7-9-17(10-8-16)24-20(19(23)13-21(24)26)12-15-5-4-6-18(11-15)27-3;/h4-11,19-20,25H,3,12-14H2,1-2H3;/q-1;. The Balaban J connectivity index is 0.00000280. The Labute approximate surface area is 197 Å². The number of ether oxygens (including phenoxy) is 1. The third-order valence-electron chi connectivity index (χ3n) is 5.22. The summed E-state index contributed by atoms with van der Waals surface area (Å²) in [6.07, 6.45) is 0.961. The molecule has 1 amide bonds. The SMILES string of the molecule is [CH2-]Oc1cccc(CC2C(Cl)CC(=O)N2c2ccc(C(C)(C)CO)cc2)c1.[Y]. The molecule has 1 saturated heterocycles. The zero-order valence-corrected chi connectivity index (χ0v) is 19.9. The zero-order chi connectivity index (χ0) is 19.6. The molecule has 28 heavy (non-hydrogen) atoms. The Hall–Kier alpha value is -0.936. The molecule has 0 aliphatic carbocycles. The van der Waals surface area contributed by atoms with Gasteiger partial charge in [0.1, 0.15) is 0 Å². The quantitative estimate of drug-likeness (QED) is 0.506. The van der Waals surface area contributed by atoms with Crippen molar-refractivity contribution in [3.05, 3.63) is 66.8 Å². The monoisotopic (exact) mass is 475 g/mol. The van der Waals surface area contributed by atoms with Gasteiger partial charge in [-0.05, 0) is 41.8 Å². The van der Waals surface area contributed by atoms with E-state index in [2.05, 4.69) is 7.11 Å². The summed E-state index contributed by atoms with van der Waals surface area (Å²) in [5.41, 5.74) is 2.58. The second-order valence-corrected chi connectivity index (χ2v) is 8.20. The number of nitrogens with zero attached hydrogens (tertiary/aromatic N) is 1. The molecule has 1 fully saturated rings. The van der Waals surface area contributed by atoms with Gasteiger partial charge in [-0.15, -0.1) is 11.6 Å². The number of anilines is 1. The molecule has 3 rings (SSSR count). The van der Waals surface area contributed by atoms with Crippen molar-refractivity contribution in [1.82, 2.24) is 0 Å². The molecule has 1 N–H and O–H groups in total. The normalized spacial score (nSPS) is 19.5. The molecule has 1 aliphatic heterocycles. The summed E-state index contributed by atoms with van der Waals surface area (Å²) in [7, 11) is 3.44. The molecule has 2 unspecified atom stereocenters. The van der Waals surface area contributed by atoms with Crippen molar-refractivity contribution in [3.63, 3.8) is 0 Å². The number of aliphatic hydroxyl groups is 1. The summed E-state index contributed by atoms with van der Waals surface area (Å²) < 4.78 is 5.05. The average Bonchev–Trinajstić information content (AvgIpc) is 2.95. The van der Waals surface area contributed by atoms with Gasteiger partial charge in [-0.2, -0.15) is 7.11 Å². The van der Waals surface area contributed by atoms with Crippen molar-refractivity contribution in [2.24, 2.45) is 0 Å². The van der Waals surface area contributed by atoms with E-state index in [-0.39, 0.29) is 62.1 Å². The van der Waals surface area contributed by atoms with Gasteiger partial charge in [0, 0.05) is 50.2 Å². The van der Waals surface area contributed by atoms with Crippen LogP contribution < -0.4 is 9.64 Å². The maximum Gasteiger partial charge on any atom is 0.228 e. The van der Waals surface area contributed by atoms with E-state index in [1.54, 1.807) is 4.90 Å². The molecule has 0 aromatic heterocycles. The van der Waals surface area contributed by atoms with Gasteiger partial charge in [0.05, 0.1) is 23.8 Å². The minimum atomic E-state index is -0.323. The van der Waals surface area contributed by atoms with Gasteiger partial charge in [0.2, 0.25) is 5.91 Å². The van der Waals surface area contributed by atoms with Gasteiger partial charge in [-0.1, -0.05) is 38.1 Å². The summed E-state index contributed by atoms with van der Waals surface area (Å²) in [5, 5.41) is 9.30. The topological polar surface area (TPSA) is 49.8 Å². The second-order valence-electron chi connectivity index (χ2n) is 7.64. The molecule has 1 radical (unpaired) electrons. The van der Waals surface area contributed by atoms with E-state index in [0.29, 0.717) is 18.6 Å². The van der Waals surface area contributed by atoms with E-state index >= 15 is 0 Å². The maximum atomic E-state index is 12.6. The minimum absolute atomic E-state index is 0. The van der Waals surface area contributed by atoms with Crippen LogP contribution in [0.3, 0.4) is 0 Å². The average molecular weight is 476 g/mol. The molecule has 2 atom stereocenters. The smallest absolute Gasteiger partial charge is 0.228 e. The molecule has 4 nitrogen and oxygen atoms in total. The molecule has 2 aromatic carbocycles. The van der Waals surface area contributed by atoms with Crippen LogP contribution in [0, 0.1) is 7.11 Å². The van der Waals surface area contributed by atoms with E-state index in [4.69, 9.17) is 16.3 Å². The van der Waals surface area contributed by atoms with Crippen LogP contribution in [0.4, 0.5) is 5.69 Å². The number of aliphatic hydroxyl groups excluding tert-OH is 1. The Bertz CT molecular complexity index is 810.